The molecule has 2 fully saturated rings. The Kier molecular flexibility index (Phi) is 16.1. The SMILES string of the molecule is CCCC1(C(CC=C[C@@H]2[C@@H](CC=CCCCC(=O)OC)[C@H](OS(=O)(=O)c3ccc(C)cc3)C[C@H]2O[Si](C)(C)C(C)(C)C)O[Si](C)(C)C(C)(C)C)CCC1. The van der Waals surface area contributed by atoms with Crippen LogP contribution in [0.1, 0.15) is 125 Å². The average Bonchev–Trinajstić information content (AvgIpc) is 3.32. The van der Waals surface area contributed by atoms with E-state index in [9.17, 15) is 13.2 Å². The zero-order valence-electron chi connectivity index (χ0n) is 35.5. The van der Waals surface area contributed by atoms with Crippen LogP contribution in [0.4, 0.5) is 0 Å². The monoisotopic (exact) mass is 790 g/mol. The molecule has 0 aliphatic heterocycles. The van der Waals surface area contributed by atoms with Crippen molar-refractivity contribution in [1.29, 1.82) is 0 Å². The first kappa shape index (κ1) is 45.8. The summed E-state index contributed by atoms with van der Waals surface area (Å²) in [7, 11) is -6.87. The maximum absolute atomic E-state index is 13.8. The number of rotatable bonds is 19. The quantitative estimate of drug-likeness (QED) is 0.0453. The van der Waals surface area contributed by atoms with Crippen LogP contribution in [0.5, 0.6) is 0 Å². The molecule has 0 N–H and O–H groups in total. The number of aryl methyl sites for hydroxylation is 1. The van der Waals surface area contributed by atoms with E-state index in [-0.39, 0.29) is 50.4 Å². The fourth-order valence-electron chi connectivity index (χ4n) is 7.39. The van der Waals surface area contributed by atoms with Crippen LogP contribution in [-0.2, 0) is 32.7 Å². The lowest BCUT2D eigenvalue weighted by Crippen LogP contribution is -2.51. The van der Waals surface area contributed by atoms with E-state index in [1.54, 1.807) is 12.1 Å². The summed E-state index contributed by atoms with van der Waals surface area (Å²) in [6.45, 7) is 27.2. The molecular formula is C43H74O7SSi2. The lowest BCUT2D eigenvalue weighted by molar-refractivity contribution is -0.140. The molecule has 3 rings (SSSR count). The number of methoxy groups -OCH3 is 1. The molecule has 0 bridgehead atoms. The molecular weight excluding hydrogens is 717 g/mol. The maximum Gasteiger partial charge on any atom is 0.305 e. The Hall–Kier alpha value is -1.57. The van der Waals surface area contributed by atoms with Gasteiger partial charge < -0.3 is 13.6 Å². The summed E-state index contributed by atoms with van der Waals surface area (Å²) in [6, 6.07) is 6.88. The third kappa shape index (κ3) is 12.2. The average molecular weight is 791 g/mol. The second-order valence-corrected chi connectivity index (χ2v) is 30.1. The molecule has 0 saturated heterocycles. The van der Waals surface area contributed by atoms with Crippen molar-refractivity contribution >= 4 is 32.7 Å². The van der Waals surface area contributed by atoms with Gasteiger partial charge >= 0.3 is 5.97 Å². The summed E-state index contributed by atoms with van der Waals surface area (Å²) in [5.41, 5.74) is 1.20. The van der Waals surface area contributed by atoms with Crippen molar-refractivity contribution < 1.29 is 31.0 Å². The van der Waals surface area contributed by atoms with E-state index >= 15 is 0 Å². The van der Waals surface area contributed by atoms with Crippen molar-refractivity contribution in [2.24, 2.45) is 17.3 Å². The molecule has 7 nitrogen and oxygen atoms in total. The van der Waals surface area contributed by atoms with Gasteiger partial charge in [-0.2, -0.15) is 8.42 Å². The van der Waals surface area contributed by atoms with Crippen molar-refractivity contribution in [1.82, 2.24) is 0 Å². The Morgan fingerprint density at radius 2 is 1.57 bits per heavy atom. The van der Waals surface area contributed by atoms with Gasteiger partial charge in [-0.05, 0) is 112 Å². The molecule has 0 amide bonds. The molecule has 1 aromatic carbocycles. The van der Waals surface area contributed by atoms with Gasteiger partial charge in [0.1, 0.15) is 0 Å². The zero-order chi connectivity index (χ0) is 39.9. The second kappa shape index (κ2) is 18.6. The zero-order valence-corrected chi connectivity index (χ0v) is 38.4. The molecule has 5 atom stereocenters. The summed E-state index contributed by atoms with van der Waals surface area (Å²) in [5, 5.41) is 0.101. The summed E-state index contributed by atoms with van der Waals surface area (Å²) in [6.07, 6.45) is 18.1. The van der Waals surface area contributed by atoms with E-state index in [1.165, 1.54) is 32.8 Å². The Balaban J connectivity index is 2.03. The molecule has 0 aromatic heterocycles. The van der Waals surface area contributed by atoms with E-state index in [0.717, 1.165) is 24.8 Å². The van der Waals surface area contributed by atoms with Crippen LogP contribution >= 0.6 is 0 Å². The molecule has 2 aliphatic rings. The fraction of sp³-hybridized carbons (Fsp3) is 0.744. The van der Waals surface area contributed by atoms with Gasteiger partial charge in [-0.25, -0.2) is 0 Å². The molecule has 0 spiro atoms. The highest BCUT2D eigenvalue weighted by atomic mass is 32.2. The smallest absolute Gasteiger partial charge is 0.305 e. The molecule has 2 saturated carbocycles. The molecule has 2 aliphatic carbocycles. The number of esters is 1. The van der Waals surface area contributed by atoms with Crippen LogP contribution in [-0.4, -0.2) is 56.4 Å². The molecule has 0 radical (unpaired) electrons. The van der Waals surface area contributed by atoms with Gasteiger partial charge in [0.15, 0.2) is 16.6 Å². The normalized spacial score (nSPS) is 23.4. The Morgan fingerprint density at radius 3 is 2.09 bits per heavy atom. The Labute approximate surface area is 326 Å². The van der Waals surface area contributed by atoms with Gasteiger partial charge in [0, 0.05) is 18.8 Å². The van der Waals surface area contributed by atoms with E-state index in [1.807, 2.05) is 19.1 Å². The van der Waals surface area contributed by atoms with Gasteiger partial charge in [-0.1, -0.05) is 103 Å². The van der Waals surface area contributed by atoms with E-state index in [0.29, 0.717) is 25.7 Å². The number of hydrogen-bond acceptors (Lipinski definition) is 7. The lowest BCUT2D eigenvalue weighted by atomic mass is 9.62. The molecule has 10 heteroatoms. The Morgan fingerprint density at radius 1 is 0.943 bits per heavy atom. The molecule has 53 heavy (non-hydrogen) atoms. The first-order chi connectivity index (χ1) is 24.5. The number of unbranched alkanes of at least 4 members (excludes halogenated alkanes) is 1. The van der Waals surface area contributed by atoms with Crippen molar-refractivity contribution in [2.75, 3.05) is 7.11 Å². The van der Waals surface area contributed by atoms with Crippen LogP contribution in [0.25, 0.3) is 0 Å². The largest absolute Gasteiger partial charge is 0.469 e. The highest BCUT2D eigenvalue weighted by Crippen LogP contribution is 2.52. The molecule has 1 aromatic rings. The number of carbonyl (C=O) groups is 1. The number of allylic oxidation sites excluding steroid dienone is 2. The third-order valence-electron chi connectivity index (χ3n) is 13.0. The molecule has 302 valence electrons. The van der Waals surface area contributed by atoms with Crippen LogP contribution in [0, 0.1) is 24.2 Å². The van der Waals surface area contributed by atoms with Gasteiger partial charge in [0.05, 0.1) is 30.3 Å². The number of carbonyl (C=O) groups excluding carboxylic acids is 1. The second-order valence-electron chi connectivity index (χ2n) is 19.0. The van der Waals surface area contributed by atoms with Gasteiger partial charge in [-0.15, -0.1) is 0 Å². The minimum Gasteiger partial charge on any atom is -0.469 e. The lowest BCUT2D eigenvalue weighted by Gasteiger charge is -2.51. The summed E-state index contributed by atoms with van der Waals surface area (Å²) in [5.74, 6) is -0.372. The highest BCUT2D eigenvalue weighted by Gasteiger charge is 2.50. The van der Waals surface area contributed by atoms with Crippen LogP contribution in [0.3, 0.4) is 0 Å². The molecule has 1 unspecified atom stereocenters. The summed E-state index contributed by atoms with van der Waals surface area (Å²) >= 11 is 0. The van der Waals surface area contributed by atoms with Crippen LogP contribution in [0.2, 0.25) is 36.3 Å². The topological polar surface area (TPSA) is 88.1 Å². The first-order valence-corrected chi connectivity index (χ1v) is 27.4. The van der Waals surface area contributed by atoms with E-state index < -0.39 is 32.9 Å². The standard InChI is InChI=1S/C43H74O7SSi2/c1-14-29-43(30-20-31-43)39(50-53(12,13)42(6,7)8)23-19-22-36-35(21-17-15-16-18-24-40(44)47-9)37(32-38(36)49-52(10,11)41(3,4)5)48-51(45,46)34-27-25-33(2)26-28-34/h15,17,19,22,25-28,35-39H,14,16,18,20-21,23-24,29-32H2,1-13H3/t35-,36-,37-,38-,39?/m1/s1. The van der Waals surface area contributed by atoms with Gasteiger partial charge in [-0.3, -0.25) is 8.98 Å². The Bertz CT molecular complexity index is 1480. The van der Waals surface area contributed by atoms with E-state index in [4.69, 9.17) is 17.8 Å². The highest BCUT2D eigenvalue weighted by molar-refractivity contribution is 7.86. The van der Waals surface area contributed by atoms with Crippen LogP contribution in [0.15, 0.2) is 53.5 Å². The summed E-state index contributed by atoms with van der Waals surface area (Å²) < 4.78 is 53.1. The minimum absolute atomic E-state index is 0.0118. The van der Waals surface area contributed by atoms with Crippen molar-refractivity contribution in [3.8, 4) is 0 Å². The van der Waals surface area contributed by atoms with Crippen molar-refractivity contribution in [3.63, 3.8) is 0 Å². The minimum atomic E-state index is -4.01. The van der Waals surface area contributed by atoms with Crippen molar-refractivity contribution in [3.05, 3.63) is 54.1 Å². The number of benzene rings is 1. The molecule has 0 heterocycles. The predicted molar refractivity (Wildman–Crippen MR) is 224 cm³/mol. The maximum atomic E-state index is 13.8. The van der Waals surface area contributed by atoms with Gasteiger partial charge in [0.25, 0.3) is 10.1 Å². The van der Waals surface area contributed by atoms with Crippen LogP contribution < -0.4 is 0 Å². The predicted octanol–water partition coefficient (Wildman–Crippen LogP) is 11.7. The van der Waals surface area contributed by atoms with E-state index in [2.05, 4.69) is 99.0 Å². The fourth-order valence-corrected chi connectivity index (χ4v) is 11.3. The summed E-state index contributed by atoms with van der Waals surface area (Å²) in [4.78, 5) is 11.9. The number of hydrogen-bond donors (Lipinski definition) is 0. The van der Waals surface area contributed by atoms with Gasteiger partial charge in [0.2, 0.25) is 0 Å². The third-order valence-corrected chi connectivity index (χ3v) is 23.3. The van der Waals surface area contributed by atoms with Crippen molar-refractivity contribution in [2.45, 2.75) is 185 Å². The number of ether oxygens (including phenoxy) is 1. The first-order valence-electron chi connectivity index (χ1n) is 20.2.